The molecule has 24 heavy (non-hydrogen) atoms. The number of aromatic nitrogens is 1. The molecule has 1 fully saturated rings. The lowest BCUT2D eigenvalue weighted by atomic mass is 9.93. The summed E-state index contributed by atoms with van der Waals surface area (Å²) in [6, 6.07) is 9.66. The number of carbonyl (C=O) groups excluding carboxylic acids is 1. The molecule has 0 unspecified atom stereocenters. The van der Waals surface area contributed by atoms with Crippen molar-refractivity contribution >= 4 is 17.2 Å². The fourth-order valence-corrected chi connectivity index (χ4v) is 3.57. The summed E-state index contributed by atoms with van der Waals surface area (Å²) < 4.78 is 5.86. The molecule has 0 spiro atoms. The molecule has 2 aromatic rings. The van der Waals surface area contributed by atoms with E-state index < -0.39 is 0 Å². The van der Waals surface area contributed by atoms with Crippen molar-refractivity contribution in [2.75, 3.05) is 0 Å². The second kappa shape index (κ2) is 7.93. The molecule has 0 bridgehead atoms. The standard InChI is InChI=1S/C18H19N3O2S/c19-11-13-3-8-18(20-12-13)23-15-6-4-14(5-7-15)21-17(22)10-16-2-1-9-24-16/h1-3,8-9,12,14-15H,4-7,10H2,(H,21,22). The van der Waals surface area contributed by atoms with Gasteiger partial charge in [0.25, 0.3) is 0 Å². The van der Waals surface area contributed by atoms with Crippen molar-refractivity contribution in [3.63, 3.8) is 0 Å². The molecule has 3 rings (SSSR count). The van der Waals surface area contributed by atoms with Crippen LogP contribution in [0.1, 0.15) is 36.1 Å². The van der Waals surface area contributed by atoms with Gasteiger partial charge in [-0.05, 0) is 43.2 Å². The van der Waals surface area contributed by atoms with Crippen molar-refractivity contribution in [2.24, 2.45) is 0 Å². The molecule has 0 saturated heterocycles. The fourth-order valence-electron chi connectivity index (χ4n) is 2.86. The van der Waals surface area contributed by atoms with Crippen LogP contribution in [0.25, 0.3) is 0 Å². The minimum absolute atomic E-state index is 0.0931. The van der Waals surface area contributed by atoms with Gasteiger partial charge in [0.1, 0.15) is 12.2 Å². The Balaban J connectivity index is 1.42. The Morgan fingerprint density at radius 2 is 2.17 bits per heavy atom. The molecule has 0 aromatic carbocycles. The first-order valence-electron chi connectivity index (χ1n) is 8.07. The number of rotatable bonds is 5. The van der Waals surface area contributed by atoms with Crippen LogP contribution in [0, 0.1) is 11.3 Å². The minimum atomic E-state index is 0.0931. The molecule has 1 N–H and O–H groups in total. The summed E-state index contributed by atoms with van der Waals surface area (Å²) in [4.78, 5) is 17.3. The fraction of sp³-hybridized carbons (Fsp3) is 0.389. The first-order chi connectivity index (χ1) is 11.7. The van der Waals surface area contributed by atoms with Gasteiger partial charge in [0, 0.05) is 23.2 Å². The lowest BCUT2D eigenvalue weighted by Gasteiger charge is -2.29. The number of nitrogens with one attached hydrogen (secondary N) is 1. The second-order valence-electron chi connectivity index (χ2n) is 5.91. The van der Waals surface area contributed by atoms with Gasteiger partial charge in [0.2, 0.25) is 11.8 Å². The van der Waals surface area contributed by atoms with Gasteiger partial charge in [-0.15, -0.1) is 11.3 Å². The molecule has 5 nitrogen and oxygen atoms in total. The second-order valence-corrected chi connectivity index (χ2v) is 6.94. The van der Waals surface area contributed by atoms with Crippen molar-refractivity contribution in [3.05, 3.63) is 46.3 Å². The lowest BCUT2D eigenvalue weighted by Crippen LogP contribution is -2.40. The number of nitrogens with zero attached hydrogens (tertiary/aromatic N) is 2. The average molecular weight is 341 g/mol. The molecular formula is C18H19N3O2S. The Bertz CT molecular complexity index is 699. The van der Waals surface area contributed by atoms with Crippen LogP contribution in [0.15, 0.2) is 35.8 Å². The van der Waals surface area contributed by atoms with Crippen molar-refractivity contribution < 1.29 is 9.53 Å². The SMILES string of the molecule is N#Cc1ccc(OC2CCC(NC(=O)Cc3cccs3)CC2)nc1. The Labute approximate surface area is 145 Å². The van der Waals surface area contributed by atoms with Crippen molar-refractivity contribution in [3.8, 4) is 11.9 Å². The average Bonchev–Trinajstić information content (AvgIpc) is 3.10. The van der Waals surface area contributed by atoms with Crippen LogP contribution in [-0.2, 0) is 11.2 Å². The highest BCUT2D eigenvalue weighted by molar-refractivity contribution is 7.10. The van der Waals surface area contributed by atoms with Gasteiger partial charge in [0.15, 0.2) is 0 Å². The van der Waals surface area contributed by atoms with Crippen LogP contribution in [0.2, 0.25) is 0 Å². The van der Waals surface area contributed by atoms with E-state index >= 15 is 0 Å². The van der Waals surface area contributed by atoms with Gasteiger partial charge in [-0.3, -0.25) is 4.79 Å². The molecule has 124 valence electrons. The van der Waals surface area contributed by atoms with Gasteiger partial charge in [-0.1, -0.05) is 6.07 Å². The number of thiophene rings is 1. The van der Waals surface area contributed by atoms with Gasteiger partial charge < -0.3 is 10.1 Å². The first-order valence-corrected chi connectivity index (χ1v) is 8.95. The zero-order valence-electron chi connectivity index (χ0n) is 13.3. The summed E-state index contributed by atoms with van der Waals surface area (Å²) in [5.41, 5.74) is 0.527. The molecule has 1 aliphatic carbocycles. The summed E-state index contributed by atoms with van der Waals surface area (Å²) in [7, 11) is 0. The van der Waals surface area contributed by atoms with E-state index in [1.165, 1.54) is 6.20 Å². The highest BCUT2D eigenvalue weighted by Crippen LogP contribution is 2.23. The van der Waals surface area contributed by atoms with Crippen LogP contribution in [0.5, 0.6) is 5.88 Å². The third-order valence-corrected chi connectivity index (χ3v) is 4.98. The number of amides is 1. The lowest BCUT2D eigenvalue weighted by molar-refractivity contribution is -0.121. The van der Waals surface area contributed by atoms with E-state index in [4.69, 9.17) is 10.00 Å². The Morgan fingerprint density at radius 3 is 2.79 bits per heavy atom. The number of pyridine rings is 1. The summed E-state index contributed by atoms with van der Waals surface area (Å²) in [6.07, 6.45) is 5.72. The topological polar surface area (TPSA) is 75.0 Å². The van der Waals surface area contributed by atoms with Crippen LogP contribution >= 0.6 is 11.3 Å². The molecule has 1 saturated carbocycles. The van der Waals surface area contributed by atoms with Crippen molar-refractivity contribution in [1.29, 1.82) is 5.26 Å². The highest BCUT2D eigenvalue weighted by Gasteiger charge is 2.24. The van der Waals surface area contributed by atoms with Crippen LogP contribution < -0.4 is 10.1 Å². The zero-order valence-corrected chi connectivity index (χ0v) is 14.1. The number of hydrogen-bond donors (Lipinski definition) is 1. The predicted molar refractivity (Wildman–Crippen MR) is 91.8 cm³/mol. The predicted octanol–water partition coefficient (Wildman–Crippen LogP) is 3.06. The normalized spacial score (nSPS) is 20.1. The van der Waals surface area contributed by atoms with Gasteiger partial charge in [-0.2, -0.15) is 5.26 Å². The molecule has 0 atom stereocenters. The van der Waals surface area contributed by atoms with E-state index in [0.29, 0.717) is 17.9 Å². The number of nitriles is 1. The molecule has 2 heterocycles. The quantitative estimate of drug-likeness (QED) is 0.907. The maximum atomic E-state index is 12.0. The summed E-state index contributed by atoms with van der Waals surface area (Å²) in [5, 5.41) is 13.9. The monoisotopic (exact) mass is 341 g/mol. The number of ether oxygens (including phenoxy) is 1. The van der Waals surface area contributed by atoms with Gasteiger partial charge in [-0.25, -0.2) is 4.98 Å². The summed E-state index contributed by atoms with van der Waals surface area (Å²) >= 11 is 1.61. The van der Waals surface area contributed by atoms with Crippen LogP contribution in [0.3, 0.4) is 0 Å². The largest absolute Gasteiger partial charge is 0.474 e. The number of hydrogen-bond acceptors (Lipinski definition) is 5. The summed E-state index contributed by atoms with van der Waals surface area (Å²) in [5.74, 6) is 0.648. The first kappa shape index (κ1) is 16.5. The minimum Gasteiger partial charge on any atom is -0.474 e. The number of carbonyl (C=O) groups is 1. The van der Waals surface area contributed by atoms with E-state index in [2.05, 4.69) is 10.3 Å². The Morgan fingerprint density at radius 1 is 1.33 bits per heavy atom. The Kier molecular flexibility index (Phi) is 5.44. The maximum Gasteiger partial charge on any atom is 0.225 e. The van der Waals surface area contributed by atoms with E-state index in [0.717, 1.165) is 30.6 Å². The van der Waals surface area contributed by atoms with Crippen molar-refractivity contribution in [2.45, 2.75) is 44.2 Å². The van der Waals surface area contributed by atoms with Crippen LogP contribution in [-0.4, -0.2) is 23.0 Å². The third-order valence-electron chi connectivity index (χ3n) is 4.11. The molecule has 1 amide bonds. The smallest absolute Gasteiger partial charge is 0.225 e. The van der Waals surface area contributed by atoms with Gasteiger partial charge >= 0.3 is 0 Å². The molecular weight excluding hydrogens is 322 g/mol. The van der Waals surface area contributed by atoms with E-state index in [-0.39, 0.29) is 18.1 Å². The van der Waals surface area contributed by atoms with Gasteiger partial charge in [0.05, 0.1) is 12.0 Å². The Hall–Kier alpha value is -2.39. The molecule has 0 radical (unpaired) electrons. The molecule has 0 aliphatic heterocycles. The van der Waals surface area contributed by atoms with E-state index in [1.54, 1.807) is 23.5 Å². The van der Waals surface area contributed by atoms with E-state index in [9.17, 15) is 4.79 Å². The third kappa shape index (κ3) is 4.56. The molecule has 6 heteroatoms. The van der Waals surface area contributed by atoms with Crippen molar-refractivity contribution in [1.82, 2.24) is 10.3 Å². The maximum absolute atomic E-state index is 12.0. The van der Waals surface area contributed by atoms with E-state index in [1.807, 2.05) is 23.6 Å². The highest BCUT2D eigenvalue weighted by atomic mass is 32.1. The molecule has 1 aliphatic rings. The van der Waals surface area contributed by atoms with Crippen LogP contribution in [0.4, 0.5) is 0 Å². The molecule has 2 aromatic heterocycles. The summed E-state index contributed by atoms with van der Waals surface area (Å²) in [6.45, 7) is 0. The zero-order chi connectivity index (χ0) is 16.8.